The van der Waals surface area contributed by atoms with Crippen molar-refractivity contribution in [2.24, 2.45) is 5.92 Å². The van der Waals surface area contributed by atoms with Gasteiger partial charge in [0.05, 0.1) is 6.10 Å². The van der Waals surface area contributed by atoms with Crippen molar-refractivity contribution in [3.8, 4) is 0 Å². The van der Waals surface area contributed by atoms with Crippen molar-refractivity contribution in [3.63, 3.8) is 0 Å². The Morgan fingerprint density at radius 2 is 1.28 bits per heavy atom. The number of aryl methyl sites for hydroxylation is 1. The molecule has 1 unspecified atom stereocenters. The van der Waals surface area contributed by atoms with E-state index in [9.17, 15) is 10.2 Å². The maximum atomic E-state index is 12.1. The summed E-state index contributed by atoms with van der Waals surface area (Å²) in [4.78, 5) is 2.45. The van der Waals surface area contributed by atoms with Crippen LogP contribution in [0.5, 0.6) is 0 Å². The molecule has 1 aliphatic heterocycles. The first-order valence-electron chi connectivity index (χ1n) is 13.6. The van der Waals surface area contributed by atoms with Gasteiger partial charge in [0.1, 0.15) is 5.60 Å². The van der Waals surface area contributed by atoms with Gasteiger partial charge < -0.3 is 15.1 Å². The maximum absolute atomic E-state index is 12.1. The first-order valence-corrected chi connectivity index (χ1v) is 13.6. The quantitative estimate of drug-likeness (QED) is 0.373. The summed E-state index contributed by atoms with van der Waals surface area (Å²) in [6.45, 7) is 9.52. The number of benzene rings is 3. The van der Waals surface area contributed by atoms with E-state index in [1.54, 1.807) is 0 Å². The minimum Gasteiger partial charge on any atom is -0.393 e. The van der Waals surface area contributed by atoms with Crippen molar-refractivity contribution in [1.29, 1.82) is 0 Å². The standard InChI is InChI=1S/C33H43NO2/c1-32(2,3)27-17-14-26(15-18-27)16-19-31(35)22-25-34-23-20-30(21-24-34)33(36,28-10-6-4-7-11-28)29-12-8-5-9-13-29/h4-15,17-18,30-31,35-36H,16,19-25H2,1-3H3. The Hall–Kier alpha value is -2.46. The van der Waals surface area contributed by atoms with Gasteiger partial charge in [-0.05, 0) is 78.8 Å². The first kappa shape index (κ1) is 26.6. The molecule has 1 aliphatic rings. The summed E-state index contributed by atoms with van der Waals surface area (Å²) in [6.07, 6.45) is 4.11. The van der Waals surface area contributed by atoms with E-state index in [4.69, 9.17) is 0 Å². The molecule has 4 rings (SSSR count). The Kier molecular flexibility index (Phi) is 8.66. The molecule has 3 nitrogen and oxygen atoms in total. The predicted molar refractivity (Wildman–Crippen MR) is 149 cm³/mol. The second-order valence-electron chi connectivity index (χ2n) is 11.5. The SMILES string of the molecule is CC(C)(C)c1ccc(CCC(O)CCN2CCC(C(O)(c3ccccc3)c3ccccc3)CC2)cc1. The topological polar surface area (TPSA) is 43.7 Å². The van der Waals surface area contributed by atoms with Gasteiger partial charge in [-0.15, -0.1) is 0 Å². The van der Waals surface area contributed by atoms with E-state index in [0.717, 1.165) is 62.9 Å². The highest BCUT2D eigenvalue weighted by atomic mass is 16.3. The minimum absolute atomic E-state index is 0.166. The summed E-state index contributed by atoms with van der Waals surface area (Å²) in [5.74, 6) is 0.166. The molecule has 192 valence electrons. The fourth-order valence-corrected chi connectivity index (χ4v) is 5.58. The lowest BCUT2D eigenvalue weighted by atomic mass is 9.72. The minimum atomic E-state index is -0.976. The van der Waals surface area contributed by atoms with Crippen LogP contribution >= 0.6 is 0 Å². The van der Waals surface area contributed by atoms with Crippen LogP contribution in [0.25, 0.3) is 0 Å². The number of hydrogen-bond donors (Lipinski definition) is 2. The molecule has 0 amide bonds. The molecule has 0 bridgehead atoms. The van der Waals surface area contributed by atoms with Gasteiger partial charge in [0.25, 0.3) is 0 Å². The van der Waals surface area contributed by atoms with E-state index in [1.807, 2.05) is 60.7 Å². The van der Waals surface area contributed by atoms with Gasteiger partial charge in [0.15, 0.2) is 0 Å². The number of nitrogens with zero attached hydrogens (tertiary/aromatic N) is 1. The molecular weight excluding hydrogens is 442 g/mol. The van der Waals surface area contributed by atoms with Crippen LogP contribution in [0.2, 0.25) is 0 Å². The zero-order valence-corrected chi connectivity index (χ0v) is 22.2. The molecule has 1 saturated heterocycles. The molecule has 0 aromatic heterocycles. The largest absolute Gasteiger partial charge is 0.393 e. The molecule has 0 saturated carbocycles. The number of piperidine rings is 1. The van der Waals surface area contributed by atoms with Crippen LogP contribution in [0.3, 0.4) is 0 Å². The maximum Gasteiger partial charge on any atom is 0.117 e. The molecule has 1 atom stereocenters. The molecule has 3 heteroatoms. The molecule has 36 heavy (non-hydrogen) atoms. The second-order valence-corrected chi connectivity index (χ2v) is 11.5. The van der Waals surface area contributed by atoms with E-state index in [-0.39, 0.29) is 17.4 Å². The van der Waals surface area contributed by atoms with Crippen LogP contribution in [0.4, 0.5) is 0 Å². The molecule has 0 spiro atoms. The molecular formula is C33H43NO2. The zero-order chi connectivity index (χ0) is 25.6. The predicted octanol–water partition coefficient (Wildman–Crippen LogP) is 6.32. The summed E-state index contributed by atoms with van der Waals surface area (Å²) in [7, 11) is 0. The number of aliphatic hydroxyl groups excluding tert-OH is 1. The lowest BCUT2D eigenvalue weighted by Crippen LogP contribution is -2.44. The highest BCUT2D eigenvalue weighted by Gasteiger charge is 2.41. The Labute approximate surface area is 217 Å². The van der Waals surface area contributed by atoms with Gasteiger partial charge in [0, 0.05) is 6.54 Å². The molecule has 1 heterocycles. The number of likely N-dealkylation sites (tertiary alicyclic amines) is 1. The highest BCUT2D eigenvalue weighted by molar-refractivity contribution is 5.37. The molecule has 3 aromatic rings. The average Bonchev–Trinajstić information content (AvgIpc) is 2.91. The third kappa shape index (κ3) is 6.45. The van der Waals surface area contributed by atoms with E-state index in [0.29, 0.717) is 0 Å². The van der Waals surface area contributed by atoms with E-state index >= 15 is 0 Å². The summed E-state index contributed by atoms with van der Waals surface area (Å²) < 4.78 is 0. The highest BCUT2D eigenvalue weighted by Crippen LogP contribution is 2.41. The lowest BCUT2D eigenvalue weighted by Gasteiger charge is -2.42. The van der Waals surface area contributed by atoms with Crippen molar-refractivity contribution in [3.05, 3.63) is 107 Å². The Morgan fingerprint density at radius 3 is 1.78 bits per heavy atom. The van der Waals surface area contributed by atoms with Gasteiger partial charge in [-0.2, -0.15) is 0 Å². The van der Waals surface area contributed by atoms with Crippen molar-refractivity contribution >= 4 is 0 Å². The van der Waals surface area contributed by atoms with Crippen LogP contribution < -0.4 is 0 Å². The van der Waals surface area contributed by atoms with Crippen molar-refractivity contribution in [2.45, 2.75) is 70.0 Å². The van der Waals surface area contributed by atoms with Crippen molar-refractivity contribution in [2.75, 3.05) is 19.6 Å². The van der Waals surface area contributed by atoms with Crippen molar-refractivity contribution in [1.82, 2.24) is 4.90 Å². The fourth-order valence-electron chi connectivity index (χ4n) is 5.58. The lowest BCUT2D eigenvalue weighted by molar-refractivity contribution is -0.0158. The normalized spacial score (nSPS) is 16.7. The van der Waals surface area contributed by atoms with E-state index < -0.39 is 5.60 Å². The van der Waals surface area contributed by atoms with Crippen LogP contribution in [-0.4, -0.2) is 40.9 Å². The van der Waals surface area contributed by atoms with Gasteiger partial charge in [0.2, 0.25) is 0 Å². The summed E-state index contributed by atoms with van der Waals surface area (Å²) in [5.41, 5.74) is 3.78. The number of hydrogen-bond acceptors (Lipinski definition) is 3. The summed E-state index contributed by atoms with van der Waals surface area (Å²) in [6, 6.07) is 29.1. The monoisotopic (exact) mass is 485 g/mol. The first-order chi connectivity index (χ1) is 17.3. The zero-order valence-electron chi connectivity index (χ0n) is 22.2. The Bertz CT molecular complexity index is 1010. The number of rotatable bonds is 9. The van der Waals surface area contributed by atoms with Crippen LogP contribution in [0, 0.1) is 5.92 Å². The van der Waals surface area contributed by atoms with E-state index in [1.165, 1.54) is 11.1 Å². The fraction of sp³-hybridized carbons (Fsp3) is 0.455. The molecule has 3 aromatic carbocycles. The molecule has 2 N–H and O–H groups in total. The Morgan fingerprint density at radius 1 is 0.750 bits per heavy atom. The third-order valence-corrected chi connectivity index (χ3v) is 7.97. The molecule has 0 aliphatic carbocycles. The van der Waals surface area contributed by atoms with Crippen LogP contribution in [-0.2, 0) is 17.4 Å². The Balaban J connectivity index is 1.28. The summed E-state index contributed by atoms with van der Waals surface area (Å²) in [5, 5.41) is 22.7. The van der Waals surface area contributed by atoms with Crippen molar-refractivity contribution < 1.29 is 10.2 Å². The summed E-state index contributed by atoms with van der Waals surface area (Å²) >= 11 is 0. The second kappa shape index (κ2) is 11.7. The molecule has 0 radical (unpaired) electrons. The van der Waals surface area contributed by atoms with E-state index in [2.05, 4.69) is 49.9 Å². The number of aliphatic hydroxyl groups is 2. The third-order valence-electron chi connectivity index (χ3n) is 7.97. The van der Waals surface area contributed by atoms with Crippen LogP contribution in [0.1, 0.15) is 68.7 Å². The van der Waals surface area contributed by atoms with Gasteiger partial charge >= 0.3 is 0 Å². The smallest absolute Gasteiger partial charge is 0.117 e. The molecule has 1 fully saturated rings. The van der Waals surface area contributed by atoms with Crippen LogP contribution in [0.15, 0.2) is 84.9 Å². The van der Waals surface area contributed by atoms with Gasteiger partial charge in [-0.3, -0.25) is 0 Å². The average molecular weight is 486 g/mol. The van der Waals surface area contributed by atoms with Gasteiger partial charge in [-0.1, -0.05) is 106 Å². The van der Waals surface area contributed by atoms with Gasteiger partial charge in [-0.25, -0.2) is 0 Å².